The number of nitrogens with one attached hydrogen (secondary N) is 1. The van der Waals surface area contributed by atoms with Crippen molar-refractivity contribution in [1.82, 2.24) is 20.1 Å². The van der Waals surface area contributed by atoms with Crippen LogP contribution >= 0.6 is 0 Å². The van der Waals surface area contributed by atoms with Gasteiger partial charge in [0, 0.05) is 12.1 Å². The summed E-state index contributed by atoms with van der Waals surface area (Å²) in [4.78, 5) is 3.87. The van der Waals surface area contributed by atoms with E-state index in [0.717, 1.165) is 17.9 Å². The average molecular weight is 192 g/mol. The first kappa shape index (κ1) is 8.96. The van der Waals surface area contributed by atoms with Crippen molar-refractivity contribution in [2.45, 2.75) is 13.1 Å². The Labute approximate surface area is 81.8 Å². The highest BCUT2D eigenvalue weighted by Gasteiger charge is 2.05. The van der Waals surface area contributed by atoms with Crippen LogP contribution in [0.4, 0.5) is 0 Å². The Morgan fingerprint density at radius 1 is 1.57 bits per heavy atom. The summed E-state index contributed by atoms with van der Waals surface area (Å²) in [6.45, 7) is 1.44. The maximum absolute atomic E-state index is 5.36. The second-order valence-corrected chi connectivity index (χ2v) is 2.99. The number of hydrogen-bond donors (Lipinski definition) is 1. The van der Waals surface area contributed by atoms with E-state index in [0.29, 0.717) is 6.54 Å². The van der Waals surface area contributed by atoms with Crippen LogP contribution in [0.5, 0.6) is 0 Å². The first-order valence-electron chi connectivity index (χ1n) is 4.42. The van der Waals surface area contributed by atoms with Crippen molar-refractivity contribution in [1.29, 1.82) is 0 Å². The highest BCUT2D eigenvalue weighted by Crippen LogP contribution is 2.11. The fourth-order valence-electron chi connectivity index (χ4n) is 1.32. The minimum absolute atomic E-state index is 0.629. The molecular weight excluding hydrogens is 180 g/mol. The molecule has 0 atom stereocenters. The molecular formula is C9H12N4O. The lowest BCUT2D eigenvalue weighted by Crippen LogP contribution is -2.08. The van der Waals surface area contributed by atoms with E-state index < -0.39 is 0 Å². The predicted molar refractivity (Wildman–Crippen MR) is 50.6 cm³/mol. The van der Waals surface area contributed by atoms with E-state index in [1.807, 2.05) is 13.1 Å². The highest BCUT2D eigenvalue weighted by molar-refractivity contribution is 5.16. The molecule has 14 heavy (non-hydrogen) atoms. The standard InChI is InChI=1S/C9H12N4O/c1-10-4-8-2-3-14-9(8)5-13-7-11-6-12-13/h2-3,6-7,10H,4-5H2,1H3. The lowest BCUT2D eigenvalue weighted by molar-refractivity contribution is 0.473. The van der Waals surface area contributed by atoms with Crippen LogP contribution in [0.3, 0.4) is 0 Å². The van der Waals surface area contributed by atoms with E-state index >= 15 is 0 Å². The van der Waals surface area contributed by atoms with Crippen LogP contribution < -0.4 is 5.32 Å². The molecule has 0 aliphatic rings. The molecule has 5 heteroatoms. The van der Waals surface area contributed by atoms with Gasteiger partial charge in [0.1, 0.15) is 25.0 Å². The van der Waals surface area contributed by atoms with Crippen molar-refractivity contribution in [2.24, 2.45) is 0 Å². The van der Waals surface area contributed by atoms with Gasteiger partial charge in [-0.15, -0.1) is 0 Å². The highest BCUT2D eigenvalue weighted by atomic mass is 16.3. The third-order valence-electron chi connectivity index (χ3n) is 1.98. The van der Waals surface area contributed by atoms with E-state index in [4.69, 9.17) is 4.42 Å². The van der Waals surface area contributed by atoms with Crippen molar-refractivity contribution >= 4 is 0 Å². The molecule has 2 rings (SSSR count). The van der Waals surface area contributed by atoms with Crippen LogP contribution in [0.2, 0.25) is 0 Å². The summed E-state index contributed by atoms with van der Waals surface area (Å²) in [5.74, 6) is 0.921. The number of aromatic nitrogens is 3. The van der Waals surface area contributed by atoms with Crippen LogP contribution in [-0.2, 0) is 13.1 Å². The molecule has 0 amide bonds. The molecule has 2 aromatic heterocycles. The number of furan rings is 1. The normalized spacial score (nSPS) is 10.6. The van der Waals surface area contributed by atoms with Crippen LogP contribution in [-0.4, -0.2) is 21.8 Å². The van der Waals surface area contributed by atoms with Crippen LogP contribution in [0.25, 0.3) is 0 Å². The average Bonchev–Trinajstić information content (AvgIpc) is 2.80. The molecule has 0 aliphatic carbocycles. The van der Waals surface area contributed by atoms with Gasteiger partial charge in [-0.2, -0.15) is 5.10 Å². The van der Waals surface area contributed by atoms with Gasteiger partial charge < -0.3 is 9.73 Å². The molecule has 0 saturated carbocycles. The van der Waals surface area contributed by atoms with E-state index in [1.54, 1.807) is 17.3 Å². The summed E-state index contributed by atoms with van der Waals surface area (Å²) in [6.07, 6.45) is 4.88. The molecule has 0 aliphatic heterocycles. The van der Waals surface area contributed by atoms with Gasteiger partial charge >= 0.3 is 0 Å². The Balaban J connectivity index is 2.12. The topological polar surface area (TPSA) is 55.9 Å². The number of hydrogen-bond acceptors (Lipinski definition) is 4. The van der Waals surface area contributed by atoms with Crippen molar-refractivity contribution in [3.8, 4) is 0 Å². The van der Waals surface area contributed by atoms with E-state index in [2.05, 4.69) is 15.4 Å². The Kier molecular flexibility index (Phi) is 2.60. The second-order valence-electron chi connectivity index (χ2n) is 2.99. The second kappa shape index (κ2) is 4.06. The smallest absolute Gasteiger partial charge is 0.137 e. The SMILES string of the molecule is CNCc1ccoc1Cn1cncn1. The van der Waals surface area contributed by atoms with Crippen molar-refractivity contribution in [3.63, 3.8) is 0 Å². The van der Waals surface area contributed by atoms with Gasteiger partial charge in [-0.25, -0.2) is 9.67 Å². The Morgan fingerprint density at radius 3 is 3.21 bits per heavy atom. The third-order valence-corrected chi connectivity index (χ3v) is 1.98. The van der Waals surface area contributed by atoms with Gasteiger partial charge in [-0.05, 0) is 13.1 Å². The first-order chi connectivity index (χ1) is 6.90. The Bertz CT molecular complexity index is 379. The summed E-state index contributed by atoms with van der Waals surface area (Å²) < 4.78 is 7.10. The zero-order valence-electron chi connectivity index (χ0n) is 7.97. The largest absolute Gasteiger partial charge is 0.467 e. The lowest BCUT2D eigenvalue weighted by atomic mass is 10.2. The summed E-state index contributed by atoms with van der Waals surface area (Å²) in [7, 11) is 1.91. The van der Waals surface area contributed by atoms with Gasteiger partial charge in [0.15, 0.2) is 0 Å². The predicted octanol–water partition coefficient (Wildman–Crippen LogP) is 0.639. The number of nitrogens with zero attached hydrogens (tertiary/aromatic N) is 3. The minimum atomic E-state index is 0.629. The van der Waals surface area contributed by atoms with Crippen LogP contribution in [0.1, 0.15) is 11.3 Å². The quantitative estimate of drug-likeness (QED) is 0.772. The van der Waals surface area contributed by atoms with Gasteiger partial charge in [-0.1, -0.05) is 0 Å². The fraction of sp³-hybridized carbons (Fsp3) is 0.333. The maximum Gasteiger partial charge on any atom is 0.137 e. The van der Waals surface area contributed by atoms with Gasteiger partial charge in [0.25, 0.3) is 0 Å². The molecule has 1 N–H and O–H groups in total. The Morgan fingerprint density at radius 2 is 2.50 bits per heavy atom. The van der Waals surface area contributed by atoms with Gasteiger partial charge in [-0.3, -0.25) is 0 Å². The third kappa shape index (κ3) is 1.82. The van der Waals surface area contributed by atoms with Crippen molar-refractivity contribution in [2.75, 3.05) is 7.05 Å². The van der Waals surface area contributed by atoms with Crippen molar-refractivity contribution in [3.05, 3.63) is 36.3 Å². The molecule has 74 valence electrons. The fourth-order valence-corrected chi connectivity index (χ4v) is 1.32. The summed E-state index contributed by atoms with van der Waals surface area (Å²) in [5.41, 5.74) is 1.16. The summed E-state index contributed by atoms with van der Waals surface area (Å²) in [5, 5.41) is 7.10. The summed E-state index contributed by atoms with van der Waals surface area (Å²) in [6, 6.07) is 1.96. The Hall–Kier alpha value is -1.62. The maximum atomic E-state index is 5.36. The molecule has 0 spiro atoms. The van der Waals surface area contributed by atoms with Crippen LogP contribution in [0.15, 0.2) is 29.4 Å². The molecule has 2 heterocycles. The molecule has 5 nitrogen and oxygen atoms in total. The van der Waals surface area contributed by atoms with E-state index in [9.17, 15) is 0 Å². The minimum Gasteiger partial charge on any atom is -0.467 e. The molecule has 0 radical (unpaired) electrons. The van der Waals surface area contributed by atoms with E-state index in [1.165, 1.54) is 6.33 Å². The van der Waals surface area contributed by atoms with Gasteiger partial charge in [0.05, 0.1) is 6.26 Å². The summed E-state index contributed by atoms with van der Waals surface area (Å²) >= 11 is 0. The molecule has 0 saturated heterocycles. The van der Waals surface area contributed by atoms with Crippen molar-refractivity contribution < 1.29 is 4.42 Å². The molecule has 0 bridgehead atoms. The zero-order chi connectivity index (χ0) is 9.80. The number of rotatable bonds is 4. The van der Waals surface area contributed by atoms with E-state index in [-0.39, 0.29) is 0 Å². The van der Waals surface area contributed by atoms with Crippen LogP contribution in [0, 0.1) is 0 Å². The molecule has 2 aromatic rings. The van der Waals surface area contributed by atoms with Gasteiger partial charge in [0.2, 0.25) is 0 Å². The zero-order valence-corrected chi connectivity index (χ0v) is 7.97. The molecule has 0 unspecified atom stereocenters. The lowest BCUT2D eigenvalue weighted by Gasteiger charge is -2.01. The molecule has 0 aromatic carbocycles. The monoisotopic (exact) mass is 192 g/mol. The first-order valence-corrected chi connectivity index (χ1v) is 4.42. The molecule has 0 fully saturated rings.